The number of carboxylic acid groups (broad SMARTS) is 1. The van der Waals surface area contributed by atoms with Gasteiger partial charge in [-0.3, -0.25) is 0 Å². The summed E-state index contributed by atoms with van der Waals surface area (Å²) >= 11 is 0. The highest BCUT2D eigenvalue weighted by Crippen LogP contribution is 2.34. The number of benzene rings is 1. The third kappa shape index (κ3) is 3.61. The SMILES string of the molecule is N#Cc1ccc(NC2CCN(C(=O)O)CC2)cc1C(F)(F)F. The first-order valence-corrected chi connectivity index (χ1v) is 6.67. The maximum absolute atomic E-state index is 12.9. The van der Waals surface area contributed by atoms with Crippen molar-refractivity contribution < 1.29 is 23.1 Å². The Morgan fingerprint density at radius 2 is 2.00 bits per heavy atom. The average molecular weight is 313 g/mol. The third-order valence-electron chi connectivity index (χ3n) is 3.58. The number of nitrogens with one attached hydrogen (secondary N) is 1. The molecule has 1 aliphatic rings. The van der Waals surface area contributed by atoms with Crippen LogP contribution in [0.4, 0.5) is 23.7 Å². The van der Waals surface area contributed by atoms with E-state index in [1.165, 1.54) is 17.0 Å². The number of nitriles is 1. The van der Waals surface area contributed by atoms with E-state index in [-0.39, 0.29) is 11.7 Å². The van der Waals surface area contributed by atoms with Crippen LogP contribution in [0.3, 0.4) is 0 Å². The second-order valence-electron chi connectivity index (χ2n) is 5.06. The zero-order chi connectivity index (χ0) is 16.3. The molecule has 1 saturated heterocycles. The number of hydrogen-bond donors (Lipinski definition) is 2. The molecule has 0 atom stereocenters. The number of alkyl halides is 3. The van der Waals surface area contributed by atoms with Crippen LogP contribution in [0, 0.1) is 11.3 Å². The van der Waals surface area contributed by atoms with E-state index in [1.807, 2.05) is 0 Å². The molecule has 0 unspecified atom stereocenters. The summed E-state index contributed by atoms with van der Waals surface area (Å²) in [4.78, 5) is 12.1. The van der Waals surface area contributed by atoms with Crippen molar-refractivity contribution in [3.63, 3.8) is 0 Å². The van der Waals surface area contributed by atoms with E-state index in [9.17, 15) is 18.0 Å². The van der Waals surface area contributed by atoms with E-state index >= 15 is 0 Å². The molecule has 118 valence electrons. The molecule has 1 fully saturated rings. The maximum atomic E-state index is 12.9. The van der Waals surface area contributed by atoms with Gasteiger partial charge in [-0.25, -0.2) is 4.79 Å². The number of carbonyl (C=O) groups is 1. The number of halogens is 3. The van der Waals surface area contributed by atoms with Crippen LogP contribution in [0.5, 0.6) is 0 Å². The van der Waals surface area contributed by atoms with Crippen molar-refractivity contribution in [2.45, 2.75) is 25.1 Å². The molecule has 0 aliphatic carbocycles. The lowest BCUT2D eigenvalue weighted by Crippen LogP contribution is -2.41. The third-order valence-corrected chi connectivity index (χ3v) is 3.58. The average Bonchev–Trinajstić information content (AvgIpc) is 2.47. The summed E-state index contributed by atoms with van der Waals surface area (Å²) in [5.41, 5.74) is -1.11. The molecule has 0 saturated carbocycles. The molecule has 1 aromatic rings. The van der Waals surface area contributed by atoms with E-state index in [0.717, 1.165) is 12.1 Å². The van der Waals surface area contributed by atoms with Gasteiger partial charge in [-0.05, 0) is 31.0 Å². The van der Waals surface area contributed by atoms with Gasteiger partial charge in [-0.1, -0.05) is 0 Å². The lowest BCUT2D eigenvalue weighted by molar-refractivity contribution is -0.137. The first-order valence-electron chi connectivity index (χ1n) is 6.67. The number of anilines is 1. The van der Waals surface area contributed by atoms with Crippen molar-refractivity contribution in [1.82, 2.24) is 4.90 Å². The van der Waals surface area contributed by atoms with Gasteiger partial charge in [-0.15, -0.1) is 0 Å². The van der Waals surface area contributed by atoms with Crippen LogP contribution >= 0.6 is 0 Å². The Morgan fingerprint density at radius 1 is 1.36 bits per heavy atom. The largest absolute Gasteiger partial charge is 0.465 e. The number of nitrogens with zero attached hydrogens (tertiary/aromatic N) is 2. The minimum absolute atomic E-state index is 0.0929. The van der Waals surface area contributed by atoms with Crippen LogP contribution < -0.4 is 5.32 Å². The summed E-state index contributed by atoms with van der Waals surface area (Å²) < 4.78 is 38.6. The van der Waals surface area contributed by atoms with Crippen LogP contribution in [0.1, 0.15) is 24.0 Å². The van der Waals surface area contributed by atoms with Crippen molar-refractivity contribution in [2.24, 2.45) is 0 Å². The Morgan fingerprint density at radius 3 is 2.50 bits per heavy atom. The predicted molar refractivity (Wildman–Crippen MR) is 72.4 cm³/mol. The molecular formula is C14H14F3N3O2. The topological polar surface area (TPSA) is 76.4 Å². The van der Waals surface area contributed by atoms with Gasteiger partial charge in [0.1, 0.15) is 0 Å². The van der Waals surface area contributed by atoms with Crippen molar-refractivity contribution in [3.8, 4) is 6.07 Å². The fourth-order valence-corrected chi connectivity index (χ4v) is 2.42. The summed E-state index contributed by atoms with van der Waals surface area (Å²) in [5, 5.41) is 20.6. The predicted octanol–water partition coefficient (Wildman–Crippen LogP) is 3.13. The van der Waals surface area contributed by atoms with Gasteiger partial charge in [0.15, 0.2) is 0 Å². The van der Waals surface area contributed by atoms with E-state index in [0.29, 0.717) is 25.9 Å². The molecule has 5 nitrogen and oxygen atoms in total. The fraction of sp³-hybridized carbons (Fsp3) is 0.429. The molecule has 1 aliphatic heterocycles. The number of hydrogen-bond acceptors (Lipinski definition) is 3. The van der Waals surface area contributed by atoms with E-state index in [4.69, 9.17) is 10.4 Å². The van der Waals surface area contributed by atoms with Crippen LogP contribution in [0.2, 0.25) is 0 Å². The van der Waals surface area contributed by atoms with E-state index < -0.39 is 23.4 Å². The second kappa shape index (κ2) is 6.13. The summed E-state index contributed by atoms with van der Waals surface area (Å²) in [6.07, 6.45) is -4.53. The van der Waals surface area contributed by atoms with Gasteiger partial charge in [0.2, 0.25) is 0 Å². The molecule has 0 radical (unpaired) electrons. The number of piperidine rings is 1. The standard InChI is InChI=1S/C14H14F3N3O2/c15-14(16,17)12-7-11(2-1-9(12)8-18)19-10-3-5-20(6-4-10)13(21)22/h1-2,7,10,19H,3-6H2,(H,21,22). The summed E-state index contributed by atoms with van der Waals surface area (Å²) in [6.45, 7) is 0.685. The lowest BCUT2D eigenvalue weighted by Gasteiger charge is -2.31. The lowest BCUT2D eigenvalue weighted by atomic mass is 10.0. The summed E-state index contributed by atoms with van der Waals surface area (Å²) in [6, 6.07) is 4.92. The molecule has 0 spiro atoms. The van der Waals surface area contributed by atoms with Gasteiger partial charge in [0, 0.05) is 24.8 Å². The molecular weight excluding hydrogens is 299 g/mol. The smallest absolute Gasteiger partial charge is 0.417 e. The Balaban J connectivity index is 2.09. The molecule has 2 rings (SSSR count). The van der Waals surface area contributed by atoms with E-state index in [2.05, 4.69) is 5.32 Å². The van der Waals surface area contributed by atoms with Crippen LogP contribution in [0.15, 0.2) is 18.2 Å². The highest BCUT2D eigenvalue weighted by atomic mass is 19.4. The van der Waals surface area contributed by atoms with Gasteiger partial charge in [-0.2, -0.15) is 18.4 Å². The molecule has 1 amide bonds. The van der Waals surface area contributed by atoms with Crippen molar-refractivity contribution in [1.29, 1.82) is 5.26 Å². The molecule has 0 aromatic heterocycles. The minimum Gasteiger partial charge on any atom is -0.465 e. The van der Waals surface area contributed by atoms with Crippen LogP contribution in [-0.4, -0.2) is 35.2 Å². The molecule has 8 heteroatoms. The summed E-state index contributed by atoms with van der Waals surface area (Å²) in [7, 11) is 0. The number of likely N-dealkylation sites (tertiary alicyclic amines) is 1. The Labute approximate surface area is 124 Å². The van der Waals surface area contributed by atoms with Crippen molar-refractivity contribution >= 4 is 11.8 Å². The fourth-order valence-electron chi connectivity index (χ4n) is 2.42. The van der Waals surface area contributed by atoms with Gasteiger partial charge >= 0.3 is 12.3 Å². The monoisotopic (exact) mass is 313 g/mol. The summed E-state index contributed by atoms with van der Waals surface area (Å²) in [5.74, 6) is 0. The Bertz CT molecular complexity index is 602. The maximum Gasteiger partial charge on any atom is 0.417 e. The first-order chi connectivity index (χ1) is 10.3. The van der Waals surface area contributed by atoms with Gasteiger partial charge < -0.3 is 15.3 Å². The van der Waals surface area contributed by atoms with Crippen LogP contribution in [-0.2, 0) is 6.18 Å². The molecule has 22 heavy (non-hydrogen) atoms. The second-order valence-corrected chi connectivity index (χ2v) is 5.06. The Kier molecular flexibility index (Phi) is 4.45. The van der Waals surface area contributed by atoms with Gasteiger partial charge in [0.25, 0.3) is 0 Å². The quantitative estimate of drug-likeness (QED) is 0.879. The number of rotatable bonds is 2. The van der Waals surface area contributed by atoms with Crippen molar-refractivity contribution in [2.75, 3.05) is 18.4 Å². The van der Waals surface area contributed by atoms with Crippen molar-refractivity contribution in [3.05, 3.63) is 29.3 Å². The molecule has 0 bridgehead atoms. The highest BCUT2D eigenvalue weighted by molar-refractivity contribution is 5.65. The minimum atomic E-state index is -4.59. The van der Waals surface area contributed by atoms with Gasteiger partial charge in [0.05, 0.1) is 17.2 Å². The van der Waals surface area contributed by atoms with E-state index in [1.54, 1.807) is 0 Å². The molecule has 2 N–H and O–H groups in total. The zero-order valence-corrected chi connectivity index (χ0v) is 11.5. The Hall–Kier alpha value is -2.43. The molecule has 1 heterocycles. The van der Waals surface area contributed by atoms with Crippen LogP contribution in [0.25, 0.3) is 0 Å². The zero-order valence-electron chi connectivity index (χ0n) is 11.5. The normalized spacial score (nSPS) is 16.2. The first kappa shape index (κ1) is 15.9. The number of amides is 1. The molecule has 1 aromatic carbocycles. The highest BCUT2D eigenvalue weighted by Gasteiger charge is 2.34.